The first-order valence-corrected chi connectivity index (χ1v) is 9.12. The van der Waals surface area contributed by atoms with Gasteiger partial charge in [0.25, 0.3) is 5.91 Å². The van der Waals surface area contributed by atoms with Gasteiger partial charge in [-0.3, -0.25) is 9.48 Å². The van der Waals surface area contributed by atoms with Gasteiger partial charge < -0.3 is 10.2 Å². The fourth-order valence-corrected chi connectivity index (χ4v) is 3.13. The third kappa shape index (κ3) is 4.66. The molecule has 134 valence electrons. The Morgan fingerprint density at radius 1 is 1.16 bits per heavy atom. The van der Waals surface area contributed by atoms with Crippen LogP contribution in [0.1, 0.15) is 41.9 Å². The molecule has 0 bridgehead atoms. The highest BCUT2D eigenvalue weighted by molar-refractivity contribution is 5.94. The number of hydrogen-bond donors (Lipinski definition) is 1. The molecule has 0 aliphatic carbocycles. The first kappa shape index (κ1) is 17.6. The standard InChI is InChI=1S/C19H27N5O/c1-15-21-18(22-23(15)2)16-7-9-17(10-8-16)19(25)20-11-3-4-12-24-13-5-6-14-24/h7-10H,3-6,11-14H2,1-2H3,(H,20,25). The topological polar surface area (TPSA) is 63.1 Å². The molecule has 1 aliphatic heterocycles. The van der Waals surface area contributed by atoms with Crippen LogP contribution < -0.4 is 5.32 Å². The van der Waals surface area contributed by atoms with Gasteiger partial charge in [0.2, 0.25) is 0 Å². The molecule has 1 saturated heterocycles. The number of unbranched alkanes of at least 4 members (excludes halogenated alkanes) is 1. The van der Waals surface area contributed by atoms with Crippen molar-refractivity contribution in [2.24, 2.45) is 7.05 Å². The number of likely N-dealkylation sites (tertiary alicyclic amines) is 1. The lowest BCUT2D eigenvalue weighted by atomic mass is 10.1. The third-order valence-corrected chi connectivity index (χ3v) is 4.77. The summed E-state index contributed by atoms with van der Waals surface area (Å²) in [6, 6.07) is 7.47. The van der Waals surface area contributed by atoms with Crippen molar-refractivity contribution < 1.29 is 4.79 Å². The zero-order chi connectivity index (χ0) is 17.6. The first-order valence-electron chi connectivity index (χ1n) is 9.12. The highest BCUT2D eigenvalue weighted by Gasteiger charge is 2.11. The number of amides is 1. The maximum atomic E-state index is 12.2. The fourth-order valence-electron chi connectivity index (χ4n) is 3.13. The second-order valence-corrected chi connectivity index (χ2v) is 6.70. The van der Waals surface area contributed by atoms with Crippen molar-refractivity contribution in [3.8, 4) is 11.4 Å². The largest absolute Gasteiger partial charge is 0.352 e. The molecule has 0 radical (unpaired) electrons. The van der Waals surface area contributed by atoms with Gasteiger partial charge in [-0.05, 0) is 64.4 Å². The summed E-state index contributed by atoms with van der Waals surface area (Å²) >= 11 is 0. The van der Waals surface area contributed by atoms with Crippen LogP contribution in [-0.2, 0) is 7.05 Å². The van der Waals surface area contributed by atoms with Gasteiger partial charge >= 0.3 is 0 Å². The van der Waals surface area contributed by atoms with E-state index in [-0.39, 0.29) is 5.91 Å². The molecule has 0 atom stereocenters. The summed E-state index contributed by atoms with van der Waals surface area (Å²) in [7, 11) is 1.87. The van der Waals surface area contributed by atoms with E-state index in [1.165, 1.54) is 25.9 Å². The summed E-state index contributed by atoms with van der Waals surface area (Å²) in [5, 5.41) is 7.36. The van der Waals surface area contributed by atoms with Crippen molar-refractivity contribution in [2.75, 3.05) is 26.2 Å². The Morgan fingerprint density at radius 3 is 2.52 bits per heavy atom. The van der Waals surface area contributed by atoms with E-state index in [9.17, 15) is 4.79 Å². The van der Waals surface area contributed by atoms with E-state index in [2.05, 4.69) is 20.3 Å². The summed E-state index contributed by atoms with van der Waals surface area (Å²) < 4.78 is 1.75. The molecule has 0 unspecified atom stereocenters. The number of hydrogen-bond acceptors (Lipinski definition) is 4. The molecule has 2 aromatic rings. The predicted octanol–water partition coefficient (Wildman–Crippen LogP) is 2.40. The Kier molecular flexibility index (Phi) is 5.81. The number of nitrogens with zero attached hydrogens (tertiary/aromatic N) is 4. The smallest absolute Gasteiger partial charge is 0.251 e. The van der Waals surface area contributed by atoms with Crippen molar-refractivity contribution in [1.82, 2.24) is 25.0 Å². The fraction of sp³-hybridized carbons (Fsp3) is 0.526. The second kappa shape index (κ2) is 8.25. The second-order valence-electron chi connectivity index (χ2n) is 6.70. The van der Waals surface area contributed by atoms with Gasteiger partial charge in [0.05, 0.1) is 0 Å². The molecule has 0 saturated carbocycles. The van der Waals surface area contributed by atoms with Gasteiger partial charge in [-0.15, -0.1) is 0 Å². The van der Waals surface area contributed by atoms with Gasteiger partial charge in [0, 0.05) is 24.7 Å². The number of carbonyl (C=O) groups is 1. The summed E-state index contributed by atoms with van der Waals surface area (Å²) in [4.78, 5) is 19.1. The molecule has 6 nitrogen and oxygen atoms in total. The third-order valence-electron chi connectivity index (χ3n) is 4.77. The van der Waals surface area contributed by atoms with Crippen LogP contribution in [0.25, 0.3) is 11.4 Å². The van der Waals surface area contributed by atoms with Crippen LogP contribution in [0.3, 0.4) is 0 Å². The molecule has 25 heavy (non-hydrogen) atoms. The van der Waals surface area contributed by atoms with Crippen LogP contribution in [0, 0.1) is 6.92 Å². The summed E-state index contributed by atoms with van der Waals surface area (Å²) in [5.41, 5.74) is 1.60. The SMILES string of the molecule is Cc1nc(-c2ccc(C(=O)NCCCCN3CCCC3)cc2)nn1C. The van der Waals surface area contributed by atoms with E-state index in [1.807, 2.05) is 38.2 Å². The number of rotatable bonds is 7. The summed E-state index contributed by atoms with van der Waals surface area (Å²) in [5.74, 6) is 1.54. The van der Waals surface area contributed by atoms with Gasteiger partial charge in [0.1, 0.15) is 5.82 Å². The Bertz CT molecular complexity index is 682. The van der Waals surface area contributed by atoms with Crippen LogP contribution in [-0.4, -0.2) is 51.8 Å². The van der Waals surface area contributed by atoms with Crippen LogP contribution >= 0.6 is 0 Å². The quantitative estimate of drug-likeness (QED) is 0.786. The van der Waals surface area contributed by atoms with Crippen LogP contribution in [0.2, 0.25) is 0 Å². The minimum Gasteiger partial charge on any atom is -0.352 e. The predicted molar refractivity (Wildman–Crippen MR) is 98.4 cm³/mol. The van der Waals surface area contributed by atoms with Crippen molar-refractivity contribution in [2.45, 2.75) is 32.6 Å². The van der Waals surface area contributed by atoms with E-state index in [1.54, 1.807) is 4.68 Å². The minimum absolute atomic E-state index is 0.0158. The average molecular weight is 341 g/mol. The van der Waals surface area contributed by atoms with Crippen molar-refractivity contribution >= 4 is 5.91 Å². The van der Waals surface area contributed by atoms with Crippen molar-refractivity contribution in [3.05, 3.63) is 35.7 Å². The molecule has 1 aromatic carbocycles. The maximum absolute atomic E-state index is 12.2. The van der Waals surface area contributed by atoms with Crippen LogP contribution in [0.4, 0.5) is 0 Å². The van der Waals surface area contributed by atoms with E-state index in [4.69, 9.17) is 0 Å². The molecular formula is C19H27N5O. The number of nitrogens with one attached hydrogen (secondary N) is 1. The van der Waals surface area contributed by atoms with Crippen molar-refractivity contribution in [3.63, 3.8) is 0 Å². The maximum Gasteiger partial charge on any atom is 0.251 e. The first-order chi connectivity index (χ1) is 12.1. The molecule has 1 fully saturated rings. The Morgan fingerprint density at radius 2 is 1.88 bits per heavy atom. The number of aromatic nitrogens is 3. The molecule has 1 amide bonds. The Hall–Kier alpha value is -2.21. The number of carbonyl (C=O) groups excluding carboxylic acids is 1. The van der Waals surface area contributed by atoms with E-state index in [0.717, 1.165) is 37.3 Å². The zero-order valence-corrected chi connectivity index (χ0v) is 15.2. The summed E-state index contributed by atoms with van der Waals surface area (Å²) in [6.07, 6.45) is 4.84. The Labute approximate surface area is 149 Å². The minimum atomic E-state index is -0.0158. The van der Waals surface area contributed by atoms with Gasteiger partial charge in [-0.2, -0.15) is 5.10 Å². The lowest BCUT2D eigenvalue weighted by Gasteiger charge is -2.14. The highest BCUT2D eigenvalue weighted by Crippen LogP contribution is 2.16. The van der Waals surface area contributed by atoms with Gasteiger partial charge in [-0.1, -0.05) is 12.1 Å². The van der Waals surface area contributed by atoms with Crippen LogP contribution in [0.15, 0.2) is 24.3 Å². The lowest BCUT2D eigenvalue weighted by molar-refractivity contribution is 0.0952. The lowest BCUT2D eigenvalue weighted by Crippen LogP contribution is -2.26. The summed E-state index contributed by atoms with van der Waals surface area (Å²) in [6.45, 7) is 6.28. The van der Waals surface area contributed by atoms with Crippen LogP contribution in [0.5, 0.6) is 0 Å². The molecule has 1 aliphatic rings. The molecular weight excluding hydrogens is 314 g/mol. The average Bonchev–Trinajstić information content (AvgIpc) is 3.25. The molecule has 3 rings (SSSR count). The van der Waals surface area contributed by atoms with E-state index >= 15 is 0 Å². The van der Waals surface area contributed by atoms with E-state index in [0.29, 0.717) is 11.4 Å². The van der Waals surface area contributed by atoms with Gasteiger partial charge in [0.15, 0.2) is 5.82 Å². The normalized spacial score (nSPS) is 14.8. The van der Waals surface area contributed by atoms with Crippen molar-refractivity contribution in [1.29, 1.82) is 0 Å². The van der Waals surface area contributed by atoms with Gasteiger partial charge in [-0.25, -0.2) is 4.98 Å². The Balaban J connectivity index is 1.44. The monoisotopic (exact) mass is 341 g/mol. The highest BCUT2D eigenvalue weighted by atomic mass is 16.1. The van der Waals surface area contributed by atoms with E-state index < -0.39 is 0 Å². The molecule has 1 N–H and O–H groups in total. The molecule has 2 heterocycles. The zero-order valence-electron chi connectivity index (χ0n) is 15.2. The number of aryl methyl sites for hydroxylation is 2. The molecule has 6 heteroatoms. The number of benzene rings is 1. The molecule has 0 spiro atoms. The molecule has 1 aromatic heterocycles.